The summed E-state index contributed by atoms with van der Waals surface area (Å²) in [7, 11) is 0. The van der Waals surface area contributed by atoms with Crippen molar-refractivity contribution in [2.45, 2.75) is 0 Å². The van der Waals surface area contributed by atoms with Crippen LogP contribution in [0.5, 0.6) is 0 Å². The average molecular weight is 256 g/mol. The molecule has 0 spiro atoms. The first-order chi connectivity index (χ1) is 3.63. The number of carboxylic acids is 2. The van der Waals surface area contributed by atoms with Crippen molar-refractivity contribution in [3.05, 3.63) is 12.2 Å². The zero-order valence-corrected chi connectivity index (χ0v) is 7.51. The van der Waals surface area contributed by atoms with E-state index in [0.717, 1.165) is 0 Å². The van der Waals surface area contributed by atoms with Crippen LogP contribution in [0.15, 0.2) is 12.2 Å². The summed E-state index contributed by atoms with van der Waals surface area (Å²) < 4.78 is 0. The van der Waals surface area contributed by atoms with Crippen molar-refractivity contribution < 1.29 is 61.5 Å². The van der Waals surface area contributed by atoms with Crippen LogP contribution in [0.4, 0.5) is 0 Å². The molecule has 5 heteroatoms. The predicted octanol–water partition coefficient (Wildman–Crippen LogP) is -0.288. The quantitative estimate of drug-likeness (QED) is 0.666. The molecule has 0 fully saturated rings. The largest absolute Gasteiger partial charge is 0.478 e. The van der Waals surface area contributed by atoms with Crippen molar-refractivity contribution in [1.29, 1.82) is 0 Å². The molecule has 0 saturated heterocycles. The van der Waals surface area contributed by atoms with Crippen LogP contribution in [0.3, 0.4) is 0 Å². The minimum atomic E-state index is -1.26. The van der Waals surface area contributed by atoms with E-state index < -0.39 is 11.9 Å². The fourth-order valence-corrected chi connectivity index (χ4v) is 0.143. The minimum Gasteiger partial charge on any atom is -0.478 e. The Hall–Kier alpha value is 0.0566. The summed E-state index contributed by atoms with van der Waals surface area (Å²) in [5.74, 6) is -2.51. The molecule has 0 aliphatic heterocycles. The maximum Gasteiger partial charge on any atom is 0.328 e. The second kappa shape index (κ2) is 6.18. The summed E-state index contributed by atoms with van der Waals surface area (Å²) in [4.78, 5) is 19.1. The van der Waals surface area contributed by atoms with Crippen LogP contribution in [0.2, 0.25) is 0 Å². The molecule has 2 N–H and O–H groups in total. The Morgan fingerprint density at radius 2 is 1.22 bits per heavy atom. The van der Waals surface area contributed by atoms with Gasteiger partial charge < -0.3 is 10.2 Å². The van der Waals surface area contributed by atoms with Crippen molar-refractivity contribution in [2.24, 2.45) is 0 Å². The van der Waals surface area contributed by atoms with Gasteiger partial charge in [-0.25, -0.2) is 9.59 Å². The van der Waals surface area contributed by atoms with Gasteiger partial charge in [-0.1, -0.05) is 0 Å². The average Bonchev–Trinajstić information content (AvgIpc) is 1.61. The van der Waals surface area contributed by atoms with Crippen LogP contribution in [-0.4, -0.2) is 22.2 Å². The van der Waals surface area contributed by atoms with Gasteiger partial charge in [0.1, 0.15) is 0 Å². The van der Waals surface area contributed by atoms with E-state index in [1.54, 1.807) is 0 Å². The normalized spacial score (nSPS) is 8.44. The number of aliphatic carboxylic acids is 2. The molecule has 0 saturated carbocycles. The van der Waals surface area contributed by atoms with E-state index in [-0.39, 0.29) is 41.7 Å². The number of hydrogen-bond donors (Lipinski definition) is 2. The summed E-state index contributed by atoms with van der Waals surface area (Å²) in [6.07, 6.45) is 1.12. The van der Waals surface area contributed by atoms with Gasteiger partial charge in [0.15, 0.2) is 0 Å². The van der Waals surface area contributed by atoms with Crippen LogP contribution in [0, 0.1) is 41.7 Å². The maximum atomic E-state index is 9.55. The molecule has 0 aromatic heterocycles. The van der Waals surface area contributed by atoms with Gasteiger partial charge in [-0.2, -0.15) is 0 Å². The Kier molecular flexibility index (Phi) is 8.11. The van der Waals surface area contributed by atoms with Gasteiger partial charge in [0.2, 0.25) is 0 Å². The standard InChI is InChI=1S/C4H4O4.Ce/c5-3(6)1-2-4(7)8;/h1-2H,(H,5,6)(H,7,8);. The Morgan fingerprint density at radius 1 is 1.00 bits per heavy atom. The first kappa shape index (κ1) is 11.8. The van der Waals surface area contributed by atoms with Gasteiger partial charge >= 0.3 is 11.9 Å². The Balaban J connectivity index is 0. The third-order valence-corrected chi connectivity index (χ3v) is 0.368. The number of carboxylic acid groups (broad SMARTS) is 2. The SMILES string of the molecule is O=C(O)C=CC(=O)O.[Ce]. The monoisotopic (exact) mass is 256 g/mol. The first-order valence-corrected chi connectivity index (χ1v) is 1.77. The van der Waals surface area contributed by atoms with Crippen molar-refractivity contribution in [3.63, 3.8) is 0 Å². The summed E-state index contributed by atoms with van der Waals surface area (Å²) in [5, 5.41) is 15.6. The molecule has 0 aromatic rings. The molecular weight excluding hydrogens is 252 g/mol. The molecule has 0 aliphatic carbocycles. The zero-order valence-electron chi connectivity index (χ0n) is 4.37. The smallest absolute Gasteiger partial charge is 0.328 e. The van der Waals surface area contributed by atoms with Crippen LogP contribution < -0.4 is 0 Å². The Labute approximate surface area is 84.9 Å². The van der Waals surface area contributed by atoms with Crippen LogP contribution in [0.1, 0.15) is 0 Å². The molecule has 0 aromatic carbocycles. The van der Waals surface area contributed by atoms with Crippen molar-refractivity contribution in [2.75, 3.05) is 0 Å². The summed E-state index contributed by atoms with van der Waals surface area (Å²) in [6.45, 7) is 0. The summed E-state index contributed by atoms with van der Waals surface area (Å²) in [6, 6.07) is 0. The first-order valence-electron chi connectivity index (χ1n) is 1.77. The van der Waals surface area contributed by atoms with Gasteiger partial charge in [0, 0.05) is 53.9 Å². The molecule has 0 atom stereocenters. The van der Waals surface area contributed by atoms with E-state index in [1.165, 1.54) is 0 Å². The molecule has 48 valence electrons. The molecule has 0 amide bonds. The Morgan fingerprint density at radius 3 is 1.33 bits per heavy atom. The van der Waals surface area contributed by atoms with Crippen LogP contribution in [-0.2, 0) is 9.59 Å². The third-order valence-electron chi connectivity index (χ3n) is 0.368. The van der Waals surface area contributed by atoms with Crippen LogP contribution in [0.25, 0.3) is 0 Å². The Bertz CT molecular complexity index is 124. The summed E-state index contributed by atoms with van der Waals surface area (Å²) >= 11 is 0. The van der Waals surface area contributed by atoms with Crippen molar-refractivity contribution in [3.8, 4) is 0 Å². The predicted molar refractivity (Wildman–Crippen MR) is 24.4 cm³/mol. The van der Waals surface area contributed by atoms with Crippen LogP contribution >= 0.6 is 0 Å². The molecule has 0 heterocycles. The van der Waals surface area contributed by atoms with Crippen molar-refractivity contribution >= 4 is 11.9 Å². The molecule has 0 aliphatic rings. The number of rotatable bonds is 2. The van der Waals surface area contributed by atoms with Gasteiger partial charge in [0.25, 0.3) is 0 Å². The number of carbonyl (C=O) groups is 2. The van der Waals surface area contributed by atoms with E-state index in [0.29, 0.717) is 12.2 Å². The number of hydrogen-bond acceptors (Lipinski definition) is 2. The maximum absolute atomic E-state index is 9.55. The molecule has 0 radical (unpaired) electrons. The third kappa shape index (κ3) is 11.6. The van der Waals surface area contributed by atoms with Gasteiger partial charge in [-0.3, -0.25) is 0 Å². The van der Waals surface area contributed by atoms with E-state index in [9.17, 15) is 9.59 Å². The molecule has 9 heavy (non-hydrogen) atoms. The zero-order chi connectivity index (χ0) is 6.57. The topological polar surface area (TPSA) is 74.6 Å². The fraction of sp³-hybridized carbons (Fsp3) is 0. The molecule has 4 nitrogen and oxygen atoms in total. The van der Waals surface area contributed by atoms with E-state index in [4.69, 9.17) is 10.2 Å². The van der Waals surface area contributed by atoms with E-state index in [2.05, 4.69) is 0 Å². The second-order valence-corrected chi connectivity index (χ2v) is 1.01. The van der Waals surface area contributed by atoms with E-state index in [1.807, 2.05) is 0 Å². The second-order valence-electron chi connectivity index (χ2n) is 1.01. The minimum absolute atomic E-state index is 0. The molecule has 0 bridgehead atoms. The fourth-order valence-electron chi connectivity index (χ4n) is 0.143. The van der Waals surface area contributed by atoms with Gasteiger partial charge in [0.05, 0.1) is 0 Å². The summed E-state index contributed by atoms with van der Waals surface area (Å²) in [5.41, 5.74) is 0. The molecule has 0 rings (SSSR count). The van der Waals surface area contributed by atoms with Gasteiger partial charge in [-0.05, 0) is 0 Å². The van der Waals surface area contributed by atoms with E-state index >= 15 is 0 Å². The molecular formula is C4H4CeO4. The van der Waals surface area contributed by atoms with Crippen molar-refractivity contribution in [1.82, 2.24) is 0 Å². The van der Waals surface area contributed by atoms with Gasteiger partial charge in [-0.15, -0.1) is 0 Å². The molecule has 0 unspecified atom stereocenters.